The Labute approximate surface area is 129 Å². The van der Waals surface area contributed by atoms with Gasteiger partial charge in [0.15, 0.2) is 5.11 Å². The number of thiocarbonyl (C=S) groups is 1. The summed E-state index contributed by atoms with van der Waals surface area (Å²) < 4.78 is 5.60. The lowest BCUT2D eigenvalue weighted by molar-refractivity contribution is 0.242. The highest BCUT2D eigenvalue weighted by Crippen LogP contribution is 2.16. The normalized spacial score (nSPS) is 10.3. The second-order valence-corrected chi connectivity index (χ2v) is 5.82. The lowest BCUT2D eigenvalue weighted by atomic mass is 10.3. The fourth-order valence-corrected chi connectivity index (χ4v) is 2.50. The van der Waals surface area contributed by atoms with Gasteiger partial charge in [-0.3, -0.25) is 0 Å². The van der Waals surface area contributed by atoms with Crippen LogP contribution in [0.25, 0.3) is 0 Å². The van der Waals surface area contributed by atoms with Crippen molar-refractivity contribution in [2.75, 3.05) is 5.32 Å². The van der Waals surface area contributed by atoms with Crippen molar-refractivity contribution in [3.8, 4) is 5.75 Å². The van der Waals surface area contributed by atoms with E-state index in [1.54, 1.807) is 11.3 Å². The minimum absolute atomic E-state index is 0.183. The number of thiophene rings is 1. The molecule has 0 unspecified atom stereocenters. The van der Waals surface area contributed by atoms with Gasteiger partial charge in [-0.05, 0) is 72.7 Å². The van der Waals surface area contributed by atoms with E-state index in [0.29, 0.717) is 5.11 Å². The van der Waals surface area contributed by atoms with E-state index in [2.05, 4.69) is 27.5 Å². The molecule has 1 heterocycles. The molecule has 0 atom stereocenters. The van der Waals surface area contributed by atoms with Crippen LogP contribution in [0.5, 0.6) is 5.75 Å². The molecule has 1 aromatic carbocycles. The number of nitrogens with one attached hydrogen (secondary N) is 2. The summed E-state index contributed by atoms with van der Waals surface area (Å²) in [7, 11) is 0. The second-order valence-electron chi connectivity index (χ2n) is 4.63. The van der Waals surface area contributed by atoms with Crippen LogP contribution in [0.15, 0.2) is 41.1 Å². The predicted molar refractivity (Wildman–Crippen MR) is 89.6 cm³/mol. The molecule has 0 aliphatic carbocycles. The molecule has 2 N–H and O–H groups in total. The average molecular weight is 306 g/mol. The largest absolute Gasteiger partial charge is 0.491 e. The van der Waals surface area contributed by atoms with Crippen LogP contribution in [0.1, 0.15) is 19.4 Å². The van der Waals surface area contributed by atoms with Crippen molar-refractivity contribution in [2.45, 2.75) is 26.5 Å². The third kappa shape index (κ3) is 4.83. The van der Waals surface area contributed by atoms with Crippen LogP contribution in [-0.4, -0.2) is 11.2 Å². The van der Waals surface area contributed by atoms with Crippen molar-refractivity contribution in [2.24, 2.45) is 0 Å². The van der Waals surface area contributed by atoms with Gasteiger partial charge in [0.05, 0.1) is 6.10 Å². The maximum atomic E-state index is 5.60. The molecule has 0 aliphatic heterocycles. The van der Waals surface area contributed by atoms with Crippen molar-refractivity contribution >= 4 is 34.4 Å². The zero-order valence-corrected chi connectivity index (χ0v) is 13.2. The first-order valence-corrected chi connectivity index (χ1v) is 7.81. The lowest BCUT2D eigenvalue weighted by Gasteiger charge is -2.12. The Kier molecular flexibility index (Phi) is 5.38. The SMILES string of the molecule is CC(C)Oc1ccc(NC(=S)NCc2ccsc2)cc1. The van der Waals surface area contributed by atoms with E-state index < -0.39 is 0 Å². The third-order valence-corrected chi connectivity index (χ3v) is 3.50. The summed E-state index contributed by atoms with van der Waals surface area (Å²) in [5, 5.41) is 11.1. The molecule has 0 saturated heterocycles. The summed E-state index contributed by atoms with van der Waals surface area (Å²) in [5.41, 5.74) is 2.18. The number of hydrogen-bond acceptors (Lipinski definition) is 3. The van der Waals surface area contributed by atoms with Gasteiger partial charge in [0.1, 0.15) is 5.75 Å². The number of rotatable bonds is 5. The highest BCUT2D eigenvalue weighted by molar-refractivity contribution is 7.80. The van der Waals surface area contributed by atoms with Crippen LogP contribution in [0, 0.1) is 0 Å². The van der Waals surface area contributed by atoms with Crippen LogP contribution in [0.4, 0.5) is 5.69 Å². The molecule has 1 aromatic heterocycles. The number of benzene rings is 1. The molecule has 20 heavy (non-hydrogen) atoms. The molecule has 0 amide bonds. The van der Waals surface area contributed by atoms with E-state index in [1.807, 2.05) is 38.1 Å². The van der Waals surface area contributed by atoms with Gasteiger partial charge in [0.2, 0.25) is 0 Å². The fraction of sp³-hybridized carbons (Fsp3) is 0.267. The lowest BCUT2D eigenvalue weighted by Crippen LogP contribution is -2.27. The summed E-state index contributed by atoms with van der Waals surface area (Å²) in [4.78, 5) is 0. The van der Waals surface area contributed by atoms with Crippen LogP contribution >= 0.6 is 23.6 Å². The van der Waals surface area contributed by atoms with Gasteiger partial charge in [-0.15, -0.1) is 0 Å². The fourth-order valence-electron chi connectivity index (χ4n) is 1.64. The average Bonchev–Trinajstić information content (AvgIpc) is 2.91. The molecule has 0 aliphatic rings. The van der Waals surface area contributed by atoms with E-state index in [0.717, 1.165) is 18.0 Å². The van der Waals surface area contributed by atoms with E-state index >= 15 is 0 Å². The second kappa shape index (κ2) is 7.26. The van der Waals surface area contributed by atoms with E-state index in [4.69, 9.17) is 17.0 Å². The smallest absolute Gasteiger partial charge is 0.171 e. The molecule has 0 spiro atoms. The van der Waals surface area contributed by atoms with E-state index in [-0.39, 0.29) is 6.10 Å². The maximum absolute atomic E-state index is 5.60. The molecule has 3 nitrogen and oxygen atoms in total. The van der Waals surface area contributed by atoms with Crippen molar-refractivity contribution in [1.82, 2.24) is 5.32 Å². The van der Waals surface area contributed by atoms with Crippen LogP contribution in [0.2, 0.25) is 0 Å². The molecule has 0 radical (unpaired) electrons. The molecule has 5 heteroatoms. The predicted octanol–water partition coefficient (Wildman–Crippen LogP) is 4.02. The molecule has 0 bridgehead atoms. The first kappa shape index (κ1) is 14.8. The van der Waals surface area contributed by atoms with Crippen LogP contribution in [-0.2, 0) is 6.54 Å². The van der Waals surface area contributed by atoms with Crippen molar-refractivity contribution < 1.29 is 4.74 Å². The van der Waals surface area contributed by atoms with Gasteiger partial charge in [0, 0.05) is 12.2 Å². The third-order valence-electron chi connectivity index (χ3n) is 2.52. The zero-order chi connectivity index (χ0) is 14.4. The molecule has 2 aromatic rings. The monoisotopic (exact) mass is 306 g/mol. The summed E-state index contributed by atoms with van der Waals surface area (Å²) in [6.07, 6.45) is 0.183. The van der Waals surface area contributed by atoms with Gasteiger partial charge >= 0.3 is 0 Å². The Morgan fingerprint density at radius 3 is 2.60 bits per heavy atom. The molecule has 106 valence electrons. The van der Waals surface area contributed by atoms with Crippen molar-refractivity contribution in [3.05, 3.63) is 46.7 Å². The Balaban J connectivity index is 1.81. The highest BCUT2D eigenvalue weighted by atomic mass is 32.1. The molecule has 0 fully saturated rings. The minimum Gasteiger partial charge on any atom is -0.491 e. The van der Waals surface area contributed by atoms with Gasteiger partial charge in [0.25, 0.3) is 0 Å². The Hall–Kier alpha value is -1.59. The Bertz CT molecular complexity index is 536. The first-order valence-electron chi connectivity index (χ1n) is 6.46. The van der Waals surface area contributed by atoms with E-state index in [9.17, 15) is 0 Å². The number of hydrogen-bond donors (Lipinski definition) is 2. The maximum Gasteiger partial charge on any atom is 0.171 e. The zero-order valence-electron chi connectivity index (χ0n) is 11.6. The summed E-state index contributed by atoms with van der Waals surface area (Å²) >= 11 is 6.95. The van der Waals surface area contributed by atoms with Gasteiger partial charge in [-0.25, -0.2) is 0 Å². The summed E-state index contributed by atoms with van der Waals surface area (Å²) in [5.74, 6) is 0.864. The van der Waals surface area contributed by atoms with E-state index in [1.165, 1.54) is 5.56 Å². The molecular formula is C15H18N2OS2. The van der Waals surface area contributed by atoms with Gasteiger partial charge in [-0.1, -0.05) is 0 Å². The van der Waals surface area contributed by atoms with Crippen molar-refractivity contribution in [3.63, 3.8) is 0 Å². The minimum atomic E-state index is 0.183. The quantitative estimate of drug-likeness (QED) is 0.817. The molecule has 2 rings (SSSR count). The standard InChI is InChI=1S/C15H18N2OS2/c1-11(2)18-14-5-3-13(4-6-14)17-15(19)16-9-12-7-8-20-10-12/h3-8,10-11H,9H2,1-2H3,(H2,16,17,19). The van der Waals surface area contributed by atoms with Gasteiger partial charge in [-0.2, -0.15) is 11.3 Å². The highest BCUT2D eigenvalue weighted by Gasteiger charge is 2.00. The first-order chi connectivity index (χ1) is 9.63. The number of anilines is 1. The summed E-state index contributed by atoms with van der Waals surface area (Å²) in [6.45, 7) is 4.76. The van der Waals surface area contributed by atoms with Gasteiger partial charge < -0.3 is 15.4 Å². The summed E-state index contributed by atoms with van der Waals surface area (Å²) in [6, 6.07) is 9.86. The number of ether oxygens (including phenoxy) is 1. The molecular weight excluding hydrogens is 288 g/mol. The topological polar surface area (TPSA) is 33.3 Å². The molecule has 0 saturated carbocycles. The Morgan fingerprint density at radius 1 is 1.25 bits per heavy atom. The van der Waals surface area contributed by atoms with Crippen LogP contribution in [0.3, 0.4) is 0 Å². The van der Waals surface area contributed by atoms with Crippen molar-refractivity contribution in [1.29, 1.82) is 0 Å². The Morgan fingerprint density at radius 2 is 2.00 bits per heavy atom. The van der Waals surface area contributed by atoms with Crippen LogP contribution < -0.4 is 15.4 Å².